The van der Waals surface area contributed by atoms with Crippen LogP contribution in [-0.2, 0) is 25.0 Å². The summed E-state index contributed by atoms with van der Waals surface area (Å²) < 4.78 is 19.9. The second kappa shape index (κ2) is 10.8. The second-order valence-electron chi connectivity index (χ2n) is 12.4. The second-order valence-corrected chi connectivity index (χ2v) is 12.4. The van der Waals surface area contributed by atoms with Crippen LogP contribution in [0.3, 0.4) is 0 Å². The maximum absolute atomic E-state index is 12.7. The van der Waals surface area contributed by atoms with Gasteiger partial charge in [0.1, 0.15) is 30.6 Å². The van der Waals surface area contributed by atoms with E-state index in [0.29, 0.717) is 11.1 Å². The summed E-state index contributed by atoms with van der Waals surface area (Å²) in [6.07, 6.45) is -4.89. The number of hydrogen-bond acceptors (Lipinski definition) is 10. The van der Waals surface area contributed by atoms with Gasteiger partial charge in [-0.3, -0.25) is 28.7 Å². The standard InChI is InChI=1S/C26H38N4O10/c1-25(2,3)12-8-29(23(36)27-20(12)34)17-7-14(32)16(39-17)11-38-19-18(33)15(10-31)40-22(19)30-9-13(26(4,5)6)21(35)28-24(30)37/h8-9,14-19,22,31-33H,7,10-11H2,1-6H3,(H,27,34,36)(H,28,35,37). The fourth-order valence-electron chi connectivity index (χ4n) is 4.96. The molecule has 2 saturated heterocycles. The van der Waals surface area contributed by atoms with Crippen molar-refractivity contribution in [1.29, 1.82) is 0 Å². The average Bonchev–Trinajstić information content (AvgIpc) is 3.34. The summed E-state index contributed by atoms with van der Waals surface area (Å²) >= 11 is 0. The van der Waals surface area contributed by atoms with Crippen molar-refractivity contribution in [2.24, 2.45) is 0 Å². The fourth-order valence-corrected chi connectivity index (χ4v) is 4.96. The highest BCUT2D eigenvalue weighted by Crippen LogP contribution is 2.34. The first-order chi connectivity index (χ1) is 18.5. The lowest BCUT2D eigenvalue weighted by Crippen LogP contribution is -2.43. The first kappa shape index (κ1) is 30.1. The third-order valence-electron chi connectivity index (χ3n) is 7.29. The molecule has 2 aromatic heterocycles. The monoisotopic (exact) mass is 566 g/mol. The van der Waals surface area contributed by atoms with E-state index >= 15 is 0 Å². The van der Waals surface area contributed by atoms with Crippen molar-refractivity contribution in [3.8, 4) is 0 Å². The molecule has 14 heteroatoms. The van der Waals surface area contributed by atoms with Gasteiger partial charge >= 0.3 is 11.4 Å². The number of aromatic amines is 2. The molecule has 0 aromatic carbocycles. The minimum Gasteiger partial charge on any atom is -0.394 e. The third-order valence-corrected chi connectivity index (χ3v) is 7.29. The van der Waals surface area contributed by atoms with Crippen LogP contribution in [0.1, 0.15) is 71.5 Å². The molecule has 4 heterocycles. The zero-order valence-corrected chi connectivity index (χ0v) is 23.4. The molecule has 0 amide bonds. The Bertz CT molecular complexity index is 1460. The number of nitrogens with one attached hydrogen (secondary N) is 2. The Hall–Kier alpha value is -2.88. The zero-order chi connectivity index (χ0) is 29.7. The molecule has 40 heavy (non-hydrogen) atoms. The van der Waals surface area contributed by atoms with Gasteiger partial charge in [-0.05, 0) is 10.8 Å². The summed E-state index contributed by atoms with van der Waals surface area (Å²) in [5.41, 5.74) is -3.02. The summed E-state index contributed by atoms with van der Waals surface area (Å²) in [6.45, 7) is 10.1. The molecule has 0 saturated carbocycles. The molecule has 2 aromatic rings. The maximum atomic E-state index is 12.7. The molecular formula is C26H38N4O10. The van der Waals surface area contributed by atoms with Crippen LogP contribution < -0.4 is 22.5 Å². The van der Waals surface area contributed by atoms with Crippen LogP contribution in [0.15, 0.2) is 31.6 Å². The van der Waals surface area contributed by atoms with Crippen LogP contribution in [0.25, 0.3) is 0 Å². The number of ether oxygens (including phenoxy) is 3. The van der Waals surface area contributed by atoms with Gasteiger partial charge in [0.05, 0.1) is 19.3 Å². The molecule has 2 fully saturated rings. The van der Waals surface area contributed by atoms with Gasteiger partial charge in [-0.1, -0.05) is 41.5 Å². The molecule has 7 unspecified atom stereocenters. The van der Waals surface area contributed by atoms with E-state index in [0.717, 1.165) is 4.57 Å². The van der Waals surface area contributed by atoms with Gasteiger partial charge in [0.25, 0.3) is 11.1 Å². The van der Waals surface area contributed by atoms with Crippen molar-refractivity contribution >= 4 is 0 Å². The number of aliphatic hydroxyl groups is 3. The Morgan fingerprint density at radius 1 is 0.875 bits per heavy atom. The molecule has 7 atom stereocenters. The van der Waals surface area contributed by atoms with Crippen molar-refractivity contribution in [1.82, 2.24) is 19.1 Å². The Balaban J connectivity index is 1.57. The molecule has 2 aliphatic heterocycles. The minimum atomic E-state index is -1.35. The summed E-state index contributed by atoms with van der Waals surface area (Å²) in [6, 6.07) is 0. The first-order valence-corrected chi connectivity index (χ1v) is 13.1. The number of nitrogens with zero attached hydrogens (tertiary/aromatic N) is 2. The fraction of sp³-hybridized carbons (Fsp3) is 0.692. The van der Waals surface area contributed by atoms with E-state index in [-0.39, 0.29) is 13.0 Å². The van der Waals surface area contributed by atoms with Crippen LogP contribution in [0.2, 0.25) is 0 Å². The van der Waals surface area contributed by atoms with Crippen molar-refractivity contribution in [2.45, 2.75) is 102 Å². The summed E-state index contributed by atoms with van der Waals surface area (Å²) in [5, 5.41) is 31.2. The molecule has 5 N–H and O–H groups in total. The molecule has 0 bridgehead atoms. The predicted molar refractivity (Wildman–Crippen MR) is 141 cm³/mol. The number of hydrogen-bond donors (Lipinski definition) is 5. The lowest BCUT2D eigenvalue weighted by atomic mass is 9.89. The van der Waals surface area contributed by atoms with Gasteiger partial charge in [0.15, 0.2) is 6.23 Å². The van der Waals surface area contributed by atoms with Crippen LogP contribution in [-0.4, -0.2) is 78.2 Å². The number of aromatic nitrogens is 4. The van der Waals surface area contributed by atoms with Gasteiger partial charge in [0.2, 0.25) is 0 Å². The van der Waals surface area contributed by atoms with Gasteiger partial charge < -0.3 is 29.5 Å². The van der Waals surface area contributed by atoms with Crippen LogP contribution in [0, 0.1) is 0 Å². The van der Waals surface area contributed by atoms with Crippen molar-refractivity contribution in [2.75, 3.05) is 13.2 Å². The first-order valence-electron chi connectivity index (χ1n) is 13.1. The van der Waals surface area contributed by atoms with Gasteiger partial charge in [0, 0.05) is 29.9 Å². The van der Waals surface area contributed by atoms with Crippen molar-refractivity contribution in [3.05, 3.63) is 65.2 Å². The highest BCUT2D eigenvalue weighted by molar-refractivity contribution is 5.17. The number of H-pyrrole nitrogens is 2. The number of aliphatic hydroxyl groups excluding tert-OH is 3. The molecule has 0 spiro atoms. The van der Waals surface area contributed by atoms with Crippen molar-refractivity contribution < 1.29 is 29.5 Å². The van der Waals surface area contributed by atoms with E-state index in [4.69, 9.17) is 14.2 Å². The van der Waals surface area contributed by atoms with E-state index in [2.05, 4.69) is 9.97 Å². The van der Waals surface area contributed by atoms with Crippen LogP contribution in [0.5, 0.6) is 0 Å². The molecular weight excluding hydrogens is 528 g/mol. The lowest BCUT2D eigenvalue weighted by Gasteiger charge is -2.26. The van der Waals surface area contributed by atoms with Crippen molar-refractivity contribution in [3.63, 3.8) is 0 Å². The largest absolute Gasteiger partial charge is 0.394 e. The Morgan fingerprint density at radius 3 is 1.93 bits per heavy atom. The highest BCUT2D eigenvalue weighted by Gasteiger charge is 2.47. The van der Waals surface area contributed by atoms with Gasteiger partial charge in [-0.2, -0.15) is 0 Å². The Labute approximate surface area is 229 Å². The lowest BCUT2D eigenvalue weighted by molar-refractivity contribution is -0.118. The highest BCUT2D eigenvalue weighted by atomic mass is 16.6. The SMILES string of the molecule is CC(C)(C)c1cn(C2CC(O)C(COC3C(O)C(CO)OC3n3cc(C(C)(C)C)c(=O)[nH]c3=O)O2)c(=O)[nH]c1=O. The molecule has 0 aliphatic carbocycles. The van der Waals surface area contributed by atoms with Gasteiger partial charge in [-0.15, -0.1) is 0 Å². The molecule has 0 radical (unpaired) electrons. The topological polar surface area (TPSA) is 198 Å². The van der Waals surface area contributed by atoms with E-state index in [1.807, 2.05) is 20.8 Å². The molecule has 14 nitrogen and oxygen atoms in total. The molecule has 2 aliphatic rings. The molecule has 4 rings (SSSR count). The van der Waals surface area contributed by atoms with Crippen LogP contribution >= 0.6 is 0 Å². The third kappa shape index (κ3) is 5.78. The van der Waals surface area contributed by atoms with E-state index in [9.17, 15) is 34.5 Å². The molecule has 222 valence electrons. The van der Waals surface area contributed by atoms with E-state index < -0.39 is 82.9 Å². The van der Waals surface area contributed by atoms with Gasteiger partial charge in [-0.25, -0.2) is 9.59 Å². The summed E-state index contributed by atoms with van der Waals surface area (Å²) in [5.74, 6) is 0. The summed E-state index contributed by atoms with van der Waals surface area (Å²) in [4.78, 5) is 54.5. The Kier molecular flexibility index (Phi) is 8.15. The van der Waals surface area contributed by atoms with E-state index in [1.54, 1.807) is 20.8 Å². The minimum absolute atomic E-state index is 0.0320. The Morgan fingerprint density at radius 2 is 1.40 bits per heavy atom. The normalized spacial score (nSPS) is 29.3. The zero-order valence-electron chi connectivity index (χ0n) is 23.4. The predicted octanol–water partition coefficient (Wildman–Crippen LogP) is -1.03. The smallest absolute Gasteiger partial charge is 0.330 e. The number of rotatable bonds is 6. The summed E-state index contributed by atoms with van der Waals surface area (Å²) in [7, 11) is 0. The van der Waals surface area contributed by atoms with E-state index in [1.165, 1.54) is 17.0 Å². The maximum Gasteiger partial charge on any atom is 0.330 e. The average molecular weight is 567 g/mol. The quantitative estimate of drug-likeness (QED) is 0.288. The van der Waals surface area contributed by atoms with Crippen LogP contribution in [0.4, 0.5) is 0 Å².